The molecule has 0 unspecified atom stereocenters. The monoisotopic (exact) mass is 231 g/mol. The van der Waals surface area contributed by atoms with E-state index in [1.54, 1.807) is 13.2 Å². The molecule has 0 aliphatic heterocycles. The average molecular weight is 231 g/mol. The van der Waals surface area contributed by atoms with E-state index in [2.05, 4.69) is 20.3 Å². The van der Waals surface area contributed by atoms with Crippen molar-refractivity contribution in [2.75, 3.05) is 12.4 Å². The maximum absolute atomic E-state index is 11.7. The Labute approximate surface area is 98.4 Å². The Balaban J connectivity index is 2.31. The predicted molar refractivity (Wildman–Crippen MR) is 63.9 cm³/mol. The van der Waals surface area contributed by atoms with Crippen molar-refractivity contribution in [3.63, 3.8) is 0 Å². The third kappa shape index (κ3) is 2.47. The van der Waals surface area contributed by atoms with Crippen molar-refractivity contribution in [3.05, 3.63) is 46.4 Å². The molecule has 0 bridgehead atoms. The van der Waals surface area contributed by atoms with Crippen molar-refractivity contribution in [2.45, 2.75) is 13.5 Å². The lowest BCUT2D eigenvalue weighted by Gasteiger charge is -2.06. The van der Waals surface area contributed by atoms with Gasteiger partial charge in [0.15, 0.2) is 0 Å². The van der Waals surface area contributed by atoms with Gasteiger partial charge in [-0.3, -0.25) is 9.55 Å². The van der Waals surface area contributed by atoms with Gasteiger partial charge in [-0.25, -0.2) is 9.78 Å². The molecule has 2 heterocycles. The molecule has 1 N–H and O–H groups in total. The van der Waals surface area contributed by atoms with E-state index in [0.717, 1.165) is 11.3 Å². The summed E-state index contributed by atoms with van der Waals surface area (Å²) in [5, 5.41) is 2.72. The molecule has 0 saturated heterocycles. The largest absolute Gasteiger partial charge is 0.357 e. The molecule has 0 amide bonds. The van der Waals surface area contributed by atoms with Crippen LogP contribution in [-0.2, 0) is 6.54 Å². The molecular formula is C11H13N5O. The standard InChI is InChI=1S/C11H13N5O/c1-8-4-3-5-13-9(8)6-16-7-14-10(12-2)15-11(16)17/h3-5,7H,6H2,1-2H3,(H,12,15,17). The fourth-order valence-electron chi connectivity index (χ4n) is 1.43. The molecule has 88 valence electrons. The normalized spacial score (nSPS) is 10.2. The first-order valence-electron chi connectivity index (χ1n) is 5.22. The lowest BCUT2D eigenvalue weighted by Crippen LogP contribution is -2.25. The van der Waals surface area contributed by atoms with E-state index in [0.29, 0.717) is 12.5 Å². The Hall–Kier alpha value is -2.24. The van der Waals surface area contributed by atoms with E-state index in [4.69, 9.17) is 0 Å². The summed E-state index contributed by atoms with van der Waals surface area (Å²) in [6.07, 6.45) is 3.17. The van der Waals surface area contributed by atoms with Crippen molar-refractivity contribution >= 4 is 5.95 Å². The molecule has 0 aromatic carbocycles. The van der Waals surface area contributed by atoms with Gasteiger partial charge in [0.2, 0.25) is 5.95 Å². The zero-order valence-corrected chi connectivity index (χ0v) is 9.71. The maximum atomic E-state index is 11.7. The molecule has 6 nitrogen and oxygen atoms in total. The molecule has 0 saturated carbocycles. The van der Waals surface area contributed by atoms with Crippen LogP contribution in [0.25, 0.3) is 0 Å². The van der Waals surface area contributed by atoms with E-state index in [1.165, 1.54) is 10.9 Å². The van der Waals surface area contributed by atoms with Crippen molar-refractivity contribution in [1.82, 2.24) is 19.5 Å². The van der Waals surface area contributed by atoms with Crippen LogP contribution in [0.1, 0.15) is 11.3 Å². The predicted octanol–water partition coefficient (Wildman–Crippen LogP) is 0.432. The topological polar surface area (TPSA) is 72.7 Å². The second-order valence-electron chi connectivity index (χ2n) is 3.61. The Kier molecular flexibility index (Phi) is 3.13. The minimum Gasteiger partial charge on any atom is -0.357 e. The van der Waals surface area contributed by atoms with Crippen LogP contribution in [0.3, 0.4) is 0 Å². The fraction of sp³-hybridized carbons (Fsp3) is 0.273. The molecule has 0 aliphatic carbocycles. The van der Waals surface area contributed by atoms with Crippen molar-refractivity contribution in [3.8, 4) is 0 Å². The molecule has 17 heavy (non-hydrogen) atoms. The summed E-state index contributed by atoms with van der Waals surface area (Å²) in [5.74, 6) is 0.323. The molecular weight excluding hydrogens is 218 g/mol. The number of rotatable bonds is 3. The Morgan fingerprint density at radius 1 is 1.41 bits per heavy atom. The number of aromatic nitrogens is 4. The van der Waals surface area contributed by atoms with Crippen LogP contribution < -0.4 is 11.0 Å². The summed E-state index contributed by atoms with van der Waals surface area (Å²) in [6.45, 7) is 2.34. The summed E-state index contributed by atoms with van der Waals surface area (Å²) < 4.78 is 1.43. The first kappa shape index (κ1) is 11.3. The molecule has 2 aromatic heterocycles. The maximum Gasteiger partial charge on any atom is 0.352 e. The number of nitrogens with one attached hydrogen (secondary N) is 1. The minimum atomic E-state index is -0.339. The lowest BCUT2D eigenvalue weighted by atomic mass is 10.2. The lowest BCUT2D eigenvalue weighted by molar-refractivity contribution is 0.685. The second kappa shape index (κ2) is 4.73. The second-order valence-corrected chi connectivity index (χ2v) is 3.61. The molecule has 0 fully saturated rings. The third-order valence-corrected chi connectivity index (χ3v) is 2.43. The van der Waals surface area contributed by atoms with Gasteiger partial charge in [-0.15, -0.1) is 0 Å². The van der Waals surface area contributed by atoms with E-state index in [1.807, 2.05) is 19.1 Å². The van der Waals surface area contributed by atoms with Gasteiger partial charge in [0.25, 0.3) is 0 Å². The molecule has 6 heteroatoms. The minimum absolute atomic E-state index is 0.323. The quantitative estimate of drug-likeness (QED) is 0.829. The summed E-state index contributed by atoms with van der Waals surface area (Å²) in [4.78, 5) is 23.7. The van der Waals surface area contributed by atoms with Crippen LogP contribution in [0.2, 0.25) is 0 Å². The fourth-order valence-corrected chi connectivity index (χ4v) is 1.43. The van der Waals surface area contributed by atoms with Crippen LogP contribution in [0.15, 0.2) is 29.5 Å². The number of hydrogen-bond acceptors (Lipinski definition) is 5. The third-order valence-electron chi connectivity index (χ3n) is 2.43. The van der Waals surface area contributed by atoms with Crippen molar-refractivity contribution in [2.24, 2.45) is 0 Å². The number of anilines is 1. The van der Waals surface area contributed by atoms with E-state index in [-0.39, 0.29) is 5.69 Å². The van der Waals surface area contributed by atoms with Gasteiger partial charge in [0.05, 0.1) is 12.2 Å². The number of pyridine rings is 1. The van der Waals surface area contributed by atoms with E-state index >= 15 is 0 Å². The first-order valence-corrected chi connectivity index (χ1v) is 5.22. The van der Waals surface area contributed by atoms with E-state index in [9.17, 15) is 4.79 Å². The number of nitrogens with zero attached hydrogens (tertiary/aromatic N) is 4. The zero-order chi connectivity index (χ0) is 12.3. The van der Waals surface area contributed by atoms with Gasteiger partial charge in [-0.05, 0) is 18.6 Å². The molecule has 0 aliphatic rings. The van der Waals surface area contributed by atoms with Gasteiger partial charge in [-0.2, -0.15) is 4.98 Å². The van der Waals surface area contributed by atoms with Gasteiger partial charge in [0.1, 0.15) is 6.33 Å². The van der Waals surface area contributed by atoms with Gasteiger partial charge >= 0.3 is 5.69 Å². The van der Waals surface area contributed by atoms with Gasteiger partial charge < -0.3 is 5.32 Å². The van der Waals surface area contributed by atoms with Gasteiger partial charge in [0, 0.05) is 13.2 Å². The highest BCUT2D eigenvalue weighted by Gasteiger charge is 2.04. The Bertz CT molecular complexity index is 578. The summed E-state index contributed by atoms with van der Waals surface area (Å²) >= 11 is 0. The highest BCUT2D eigenvalue weighted by molar-refractivity contribution is 5.20. The van der Waals surface area contributed by atoms with Crippen LogP contribution in [0.5, 0.6) is 0 Å². The van der Waals surface area contributed by atoms with Crippen LogP contribution in [0.4, 0.5) is 5.95 Å². The van der Waals surface area contributed by atoms with Crippen molar-refractivity contribution in [1.29, 1.82) is 0 Å². The van der Waals surface area contributed by atoms with Crippen molar-refractivity contribution < 1.29 is 0 Å². The molecule has 0 atom stereocenters. The Morgan fingerprint density at radius 3 is 2.88 bits per heavy atom. The number of aryl methyl sites for hydroxylation is 1. The number of hydrogen-bond donors (Lipinski definition) is 1. The Morgan fingerprint density at radius 2 is 2.24 bits per heavy atom. The summed E-state index contributed by atoms with van der Waals surface area (Å²) in [7, 11) is 1.67. The highest BCUT2D eigenvalue weighted by Crippen LogP contribution is 2.04. The molecule has 0 spiro atoms. The SMILES string of the molecule is CNc1ncn(Cc2ncccc2C)c(=O)n1. The zero-order valence-electron chi connectivity index (χ0n) is 9.71. The van der Waals surface area contributed by atoms with Crippen LogP contribution in [0, 0.1) is 6.92 Å². The average Bonchev–Trinajstić information content (AvgIpc) is 2.34. The molecule has 2 rings (SSSR count). The summed E-state index contributed by atoms with van der Waals surface area (Å²) in [6, 6.07) is 3.82. The van der Waals surface area contributed by atoms with Crippen LogP contribution >= 0.6 is 0 Å². The summed E-state index contributed by atoms with van der Waals surface area (Å²) in [5.41, 5.74) is 1.54. The highest BCUT2D eigenvalue weighted by atomic mass is 16.1. The van der Waals surface area contributed by atoms with E-state index < -0.39 is 0 Å². The first-order chi connectivity index (χ1) is 8.20. The molecule has 2 aromatic rings. The molecule has 0 radical (unpaired) electrons. The smallest absolute Gasteiger partial charge is 0.352 e. The van der Waals surface area contributed by atoms with Crippen LogP contribution in [-0.4, -0.2) is 26.6 Å². The van der Waals surface area contributed by atoms with Gasteiger partial charge in [-0.1, -0.05) is 6.07 Å².